The minimum Gasteiger partial charge on any atom is -0.324 e. The number of benzene rings is 2. The molecule has 4 aliphatic heterocycles. The molecular weight excluding hydrogens is 402 g/mol. The third-order valence-corrected chi connectivity index (χ3v) is 7.56. The lowest BCUT2D eigenvalue weighted by Gasteiger charge is -2.36. The van der Waals surface area contributed by atoms with E-state index in [1.165, 1.54) is 4.90 Å². The molecule has 2 aromatic carbocycles. The van der Waals surface area contributed by atoms with Crippen molar-refractivity contribution in [3.8, 4) is 0 Å². The van der Waals surface area contributed by atoms with Crippen LogP contribution in [0.5, 0.6) is 0 Å². The number of para-hydroxylation sites is 1. The van der Waals surface area contributed by atoms with E-state index in [-0.39, 0.29) is 23.8 Å². The molecule has 0 radical (unpaired) electrons. The van der Waals surface area contributed by atoms with Crippen molar-refractivity contribution in [3.05, 3.63) is 58.6 Å². The number of hydrogen-bond donors (Lipinski definition) is 1. The van der Waals surface area contributed by atoms with Gasteiger partial charge in [-0.25, -0.2) is 4.90 Å². The summed E-state index contributed by atoms with van der Waals surface area (Å²) >= 11 is 6.35. The van der Waals surface area contributed by atoms with E-state index in [1.807, 2.05) is 25.1 Å². The van der Waals surface area contributed by atoms with Gasteiger partial charge < -0.3 is 5.32 Å². The molecule has 1 spiro atoms. The molecule has 0 aromatic heterocycles. The Balaban J connectivity index is 1.58. The average molecular weight is 422 g/mol. The van der Waals surface area contributed by atoms with Crippen molar-refractivity contribution >= 4 is 40.7 Å². The number of nitrogens with one attached hydrogen (secondary N) is 1. The zero-order valence-electron chi connectivity index (χ0n) is 16.4. The smallest absolute Gasteiger partial charge is 0.250 e. The van der Waals surface area contributed by atoms with Gasteiger partial charge in [0.25, 0.3) is 0 Å². The predicted octanol–water partition coefficient (Wildman–Crippen LogP) is 3.08. The largest absolute Gasteiger partial charge is 0.324 e. The van der Waals surface area contributed by atoms with Crippen molar-refractivity contribution in [1.82, 2.24) is 4.90 Å². The first-order valence-electron chi connectivity index (χ1n) is 10.3. The molecule has 4 aliphatic rings. The van der Waals surface area contributed by atoms with E-state index in [4.69, 9.17) is 11.6 Å². The third-order valence-electron chi connectivity index (χ3n) is 7.24. The number of aryl methyl sites for hydroxylation is 1. The van der Waals surface area contributed by atoms with Gasteiger partial charge in [0.15, 0.2) is 0 Å². The molecule has 7 heteroatoms. The van der Waals surface area contributed by atoms with Crippen LogP contribution in [0.1, 0.15) is 24.0 Å². The van der Waals surface area contributed by atoms with Crippen LogP contribution in [0.25, 0.3) is 0 Å². The topological polar surface area (TPSA) is 69.7 Å². The zero-order valence-corrected chi connectivity index (χ0v) is 17.1. The standard InChI is InChI=1S/C23H20ClN3O3/c1-12-8-9-15-13(11-12)23(22(30)25-15)19-18(17-7-4-10-26(17)23)20(28)27(21(19)29)16-6-3-2-5-14(16)24/h2-3,5-6,8-9,11,17-19H,4,7,10H2,1H3,(H,25,30)/t17-,18-,19+,23-/m1/s1. The molecule has 3 fully saturated rings. The van der Waals surface area contributed by atoms with Crippen LogP contribution in [0, 0.1) is 18.8 Å². The first-order valence-corrected chi connectivity index (χ1v) is 10.7. The van der Waals surface area contributed by atoms with E-state index in [2.05, 4.69) is 10.2 Å². The number of nitrogens with zero attached hydrogens (tertiary/aromatic N) is 2. The average Bonchev–Trinajstić information content (AvgIpc) is 3.42. The van der Waals surface area contributed by atoms with E-state index in [1.54, 1.807) is 24.3 Å². The van der Waals surface area contributed by atoms with E-state index in [0.717, 1.165) is 29.7 Å². The number of amides is 3. The van der Waals surface area contributed by atoms with Gasteiger partial charge in [0.2, 0.25) is 17.7 Å². The Morgan fingerprint density at radius 3 is 2.70 bits per heavy atom. The Labute approximate surface area is 178 Å². The lowest BCUT2D eigenvalue weighted by molar-refractivity contribution is -0.135. The minimum atomic E-state index is -1.14. The van der Waals surface area contributed by atoms with Crippen molar-refractivity contribution in [2.45, 2.75) is 31.3 Å². The van der Waals surface area contributed by atoms with Gasteiger partial charge in [-0.15, -0.1) is 0 Å². The van der Waals surface area contributed by atoms with Gasteiger partial charge in [0, 0.05) is 17.3 Å². The highest BCUT2D eigenvalue weighted by molar-refractivity contribution is 6.36. The summed E-state index contributed by atoms with van der Waals surface area (Å²) < 4.78 is 0. The number of carbonyl (C=O) groups is 3. The van der Waals surface area contributed by atoms with Crippen molar-refractivity contribution in [3.63, 3.8) is 0 Å². The maximum atomic E-state index is 13.8. The summed E-state index contributed by atoms with van der Waals surface area (Å²) in [4.78, 5) is 44.3. The van der Waals surface area contributed by atoms with Crippen molar-refractivity contribution in [1.29, 1.82) is 0 Å². The molecule has 0 aliphatic carbocycles. The van der Waals surface area contributed by atoms with Crippen molar-refractivity contribution in [2.24, 2.45) is 11.8 Å². The molecule has 30 heavy (non-hydrogen) atoms. The van der Waals surface area contributed by atoms with Gasteiger partial charge in [0.05, 0.1) is 22.5 Å². The summed E-state index contributed by atoms with van der Waals surface area (Å²) in [5.41, 5.74) is 1.81. The Kier molecular flexibility index (Phi) is 3.58. The number of rotatable bonds is 1. The molecule has 4 atom stereocenters. The first-order chi connectivity index (χ1) is 14.5. The second-order valence-corrected chi connectivity index (χ2v) is 9.05. The van der Waals surface area contributed by atoms with Crippen molar-refractivity contribution in [2.75, 3.05) is 16.8 Å². The Hall–Kier alpha value is -2.70. The van der Waals surface area contributed by atoms with Crippen LogP contribution < -0.4 is 10.2 Å². The highest BCUT2D eigenvalue weighted by atomic mass is 35.5. The fraction of sp³-hybridized carbons (Fsp3) is 0.348. The van der Waals surface area contributed by atoms with Crippen LogP contribution in [0.3, 0.4) is 0 Å². The van der Waals surface area contributed by atoms with Gasteiger partial charge in [0.1, 0.15) is 5.54 Å². The summed E-state index contributed by atoms with van der Waals surface area (Å²) in [6.07, 6.45) is 1.70. The van der Waals surface area contributed by atoms with Gasteiger partial charge in [-0.05, 0) is 44.5 Å². The molecule has 6 nitrogen and oxygen atoms in total. The lowest BCUT2D eigenvalue weighted by atomic mass is 9.75. The normalized spacial score (nSPS) is 32.0. The SMILES string of the molecule is Cc1ccc2c(c1)[C@]1(C(=O)N2)[C@@H]2C(=O)N(c3ccccc3Cl)C(=O)[C@@H]2[C@H]2CCCN21. The molecular formula is C23H20ClN3O3. The second-order valence-electron chi connectivity index (χ2n) is 8.64. The fourth-order valence-corrected chi connectivity index (χ4v) is 6.41. The molecule has 4 heterocycles. The molecule has 0 unspecified atom stereocenters. The van der Waals surface area contributed by atoms with Crippen LogP contribution >= 0.6 is 11.6 Å². The summed E-state index contributed by atoms with van der Waals surface area (Å²) in [6, 6.07) is 12.6. The lowest BCUT2D eigenvalue weighted by Crippen LogP contribution is -2.54. The number of fused-ring (bicyclic) bond motifs is 7. The maximum absolute atomic E-state index is 13.8. The highest BCUT2D eigenvalue weighted by Gasteiger charge is 2.74. The van der Waals surface area contributed by atoms with Gasteiger partial charge >= 0.3 is 0 Å². The summed E-state index contributed by atoms with van der Waals surface area (Å²) in [5, 5.41) is 3.35. The third kappa shape index (κ3) is 1.96. The highest BCUT2D eigenvalue weighted by Crippen LogP contribution is 2.60. The summed E-state index contributed by atoms with van der Waals surface area (Å²) in [6.45, 7) is 2.67. The number of carbonyl (C=O) groups excluding carboxylic acids is 3. The number of halogens is 1. The summed E-state index contributed by atoms with van der Waals surface area (Å²) in [5.74, 6) is -2.09. The number of imide groups is 1. The fourth-order valence-electron chi connectivity index (χ4n) is 6.19. The second kappa shape index (κ2) is 5.93. The Bertz CT molecular complexity index is 1150. The number of hydrogen-bond acceptors (Lipinski definition) is 4. The summed E-state index contributed by atoms with van der Waals surface area (Å²) in [7, 11) is 0. The minimum absolute atomic E-state index is 0.129. The van der Waals surface area contributed by atoms with Crippen LogP contribution in [0.4, 0.5) is 11.4 Å². The molecule has 2 aromatic rings. The molecule has 152 valence electrons. The van der Waals surface area contributed by atoms with Crippen LogP contribution in [0.2, 0.25) is 5.02 Å². The van der Waals surface area contributed by atoms with E-state index in [9.17, 15) is 14.4 Å². The molecule has 1 N–H and O–H groups in total. The van der Waals surface area contributed by atoms with Crippen LogP contribution in [0.15, 0.2) is 42.5 Å². The maximum Gasteiger partial charge on any atom is 0.250 e. The Morgan fingerprint density at radius 1 is 1.10 bits per heavy atom. The number of anilines is 2. The van der Waals surface area contributed by atoms with Crippen LogP contribution in [-0.2, 0) is 19.9 Å². The monoisotopic (exact) mass is 421 g/mol. The first kappa shape index (κ1) is 18.1. The van der Waals surface area contributed by atoms with Gasteiger partial charge in [-0.2, -0.15) is 0 Å². The molecule has 3 amide bonds. The molecule has 3 saturated heterocycles. The van der Waals surface area contributed by atoms with Crippen molar-refractivity contribution < 1.29 is 14.4 Å². The van der Waals surface area contributed by atoms with E-state index in [0.29, 0.717) is 17.3 Å². The molecule has 6 rings (SSSR count). The predicted molar refractivity (Wildman–Crippen MR) is 112 cm³/mol. The Morgan fingerprint density at radius 2 is 1.90 bits per heavy atom. The van der Waals surface area contributed by atoms with E-state index < -0.39 is 17.4 Å². The van der Waals surface area contributed by atoms with Crippen LogP contribution in [-0.4, -0.2) is 35.2 Å². The van der Waals surface area contributed by atoms with Gasteiger partial charge in [-0.3, -0.25) is 19.3 Å². The van der Waals surface area contributed by atoms with E-state index >= 15 is 0 Å². The molecule has 0 saturated carbocycles. The zero-order chi connectivity index (χ0) is 20.8. The quantitative estimate of drug-likeness (QED) is 0.718. The molecule has 0 bridgehead atoms. The van der Waals surface area contributed by atoms with Gasteiger partial charge in [-0.1, -0.05) is 41.4 Å².